The van der Waals surface area contributed by atoms with E-state index in [0.717, 1.165) is 19.3 Å². The first kappa shape index (κ1) is 13.9. The number of aliphatic hydroxyl groups is 1. The van der Waals surface area contributed by atoms with Gasteiger partial charge in [0.1, 0.15) is 6.42 Å². The molecule has 4 atom stereocenters. The first-order valence-corrected chi connectivity index (χ1v) is 6.76. The van der Waals surface area contributed by atoms with Crippen molar-refractivity contribution in [2.75, 3.05) is 13.2 Å². The molecule has 19 heavy (non-hydrogen) atoms. The van der Waals surface area contributed by atoms with Crippen molar-refractivity contribution in [2.45, 2.75) is 31.7 Å². The Morgan fingerprint density at radius 1 is 1.26 bits per heavy atom. The summed E-state index contributed by atoms with van der Waals surface area (Å²) in [4.78, 5) is 23.2. The van der Waals surface area contributed by atoms with Crippen LogP contribution < -0.4 is 10.6 Å². The van der Waals surface area contributed by atoms with E-state index in [1.807, 2.05) is 0 Å². The maximum absolute atomic E-state index is 11.8. The summed E-state index contributed by atoms with van der Waals surface area (Å²) in [6.07, 6.45) is 8.16. The van der Waals surface area contributed by atoms with Crippen LogP contribution in [-0.4, -0.2) is 36.1 Å². The molecule has 0 saturated heterocycles. The minimum atomic E-state index is -0.362. The largest absolute Gasteiger partial charge is 0.396 e. The molecular formula is C14H20N2O3. The van der Waals surface area contributed by atoms with Gasteiger partial charge in [-0.05, 0) is 31.1 Å². The SMILES string of the molecule is C#CCNC(=O)CC(=O)NC1C2CCC(C2)C1CO. The zero-order valence-electron chi connectivity index (χ0n) is 10.9. The molecule has 2 aliphatic carbocycles. The molecule has 0 aliphatic heterocycles. The van der Waals surface area contributed by atoms with Gasteiger partial charge in [0.05, 0.1) is 6.54 Å². The standard InChI is InChI=1S/C14H20N2O3/c1-2-5-15-12(18)7-13(19)16-14-10-4-3-9(6-10)11(14)8-17/h1,9-11,14,17H,3-8H2,(H,15,18)(H,16,19). The third kappa shape index (κ3) is 3.07. The van der Waals surface area contributed by atoms with Crippen LogP contribution in [0.4, 0.5) is 0 Å². The van der Waals surface area contributed by atoms with Crippen molar-refractivity contribution in [3.8, 4) is 12.3 Å². The molecule has 2 rings (SSSR count). The molecule has 0 aromatic carbocycles. The van der Waals surface area contributed by atoms with E-state index in [0.29, 0.717) is 11.8 Å². The van der Waals surface area contributed by atoms with Crippen LogP contribution >= 0.6 is 0 Å². The fraction of sp³-hybridized carbons (Fsp3) is 0.714. The van der Waals surface area contributed by atoms with Gasteiger partial charge in [-0.3, -0.25) is 9.59 Å². The lowest BCUT2D eigenvalue weighted by molar-refractivity contribution is -0.130. The molecule has 2 amide bonds. The Balaban J connectivity index is 1.82. The lowest BCUT2D eigenvalue weighted by Crippen LogP contribution is -2.46. The van der Waals surface area contributed by atoms with Crippen LogP contribution in [0.1, 0.15) is 25.7 Å². The van der Waals surface area contributed by atoms with Crippen molar-refractivity contribution in [2.24, 2.45) is 17.8 Å². The quantitative estimate of drug-likeness (QED) is 0.469. The molecule has 2 fully saturated rings. The number of amides is 2. The van der Waals surface area contributed by atoms with Gasteiger partial charge in [0.2, 0.25) is 11.8 Å². The lowest BCUT2D eigenvalue weighted by atomic mass is 9.85. The molecule has 4 unspecified atom stereocenters. The number of nitrogens with one attached hydrogen (secondary N) is 2. The van der Waals surface area contributed by atoms with E-state index in [1.54, 1.807) is 0 Å². The van der Waals surface area contributed by atoms with Crippen molar-refractivity contribution in [3.05, 3.63) is 0 Å². The second-order valence-corrected chi connectivity index (χ2v) is 5.43. The van der Waals surface area contributed by atoms with Crippen LogP contribution in [0.3, 0.4) is 0 Å². The second kappa shape index (κ2) is 6.07. The third-order valence-electron chi connectivity index (χ3n) is 4.34. The van der Waals surface area contributed by atoms with Crippen molar-refractivity contribution < 1.29 is 14.7 Å². The van der Waals surface area contributed by atoms with Gasteiger partial charge in [-0.2, -0.15) is 0 Å². The summed E-state index contributed by atoms with van der Waals surface area (Å²) in [6, 6.07) is 0.0247. The van der Waals surface area contributed by atoms with Crippen LogP contribution in [0, 0.1) is 30.1 Å². The van der Waals surface area contributed by atoms with Crippen molar-refractivity contribution >= 4 is 11.8 Å². The first-order valence-electron chi connectivity index (χ1n) is 6.76. The van der Waals surface area contributed by atoms with E-state index in [2.05, 4.69) is 16.6 Å². The monoisotopic (exact) mass is 264 g/mol. The minimum absolute atomic E-state index is 0.0247. The zero-order valence-corrected chi connectivity index (χ0v) is 10.9. The normalized spacial score (nSPS) is 31.8. The summed E-state index contributed by atoms with van der Waals surface area (Å²) in [7, 11) is 0. The van der Waals surface area contributed by atoms with E-state index < -0.39 is 0 Å². The number of terminal acetylenes is 1. The summed E-state index contributed by atoms with van der Waals surface area (Å²) in [5.41, 5.74) is 0. The maximum atomic E-state index is 11.8. The number of hydrogen-bond acceptors (Lipinski definition) is 3. The highest BCUT2D eigenvalue weighted by atomic mass is 16.3. The molecule has 0 aromatic heterocycles. The molecule has 2 saturated carbocycles. The lowest BCUT2D eigenvalue weighted by Gasteiger charge is -2.30. The molecule has 5 nitrogen and oxygen atoms in total. The molecule has 0 spiro atoms. The van der Waals surface area contributed by atoms with Gasteiger partial charge < -0.3 is 15.7 Å². The van der Waals surface area contributed by atoms with E-state index >= 15 is 0 Å². The Hall–Kier alpha value is -1.54. The summed E-state index contributed by atoms with van der Waals surface area (Å²) >= 11 is 0. The molecule has 2 aliphatic rings. The second-order valence-electron chi connectivity index (χ2n) is 5.43. The molecule has 0 heterocycles. The predicted octanol–water partition coefficient (Wildman–Crippen LogP) is -0.351. The summed E-state index contributed by atoms with van der Waals surface area (Å²) < 4.78 is 0. The zero-order chi connectivity index (χ0) is 13.8. The number of aliphatic hydroxyl groups excluding tert-OH is 1. The first-order chi connectivity index (χ1) is 9.15. The maximum Gasteiger partial charge on any atom is 0.230 e. The van der Waals surface area contributed by atoms with Crippen molar-refractivity contribution in [1.29, 1.82) is 0 Å². The topological polar surface area (TPSA) is 78.4 Å². The molecular weight excluding hydrogens is 244 g/mol. The van der Waals surface area contributed by atoms with Crippen molar-refractivity contribution in [1.82, 2.24) is 10.6 Å². The number of carbonyl (C=O) groups excluding carboxylic acids is 2. The van der Waals surface area contributed by atoms with Crippen molar-refractivity contribution in [3.63, 3.8) is 0 Å². The minimum Gasteiger partial charge on any atom is -0.396 e. The van der Waals surface area contributed by atoms with Crippen LogP contribution in [-0.2, 0) is 9.59 Å². The molecule has 5 heteroatoms. The molecule has 104 valence electrons. The van der Waals surface area contributed by atoms with Gasteiger partial charge in [0, 0.05) is 18.6 Å². The van der Waals surface area contributed by atoms with Crippen LogP contribution in [0.25, 0.3) is 0 Å². The van der Waals surface area contributed by atoms with Gasteiger partial charge in [0.25, 0.3) is 0 Å². The Labute approximate surface area is 113 Å². The molecule has 2 bridgehead atoms. The number of rotatable bonds is 5. The van der Waals surface area contributed by atoms with Gasteiger partial charge in [0.15, 0.2) is 0 Å². The molecule has 0 radical (unpaired) electrons. The Kier molecular flexibility index (Phi) is 4.43. The van der Waals surface area contributed by atoms with E-state index in [-0.39, 0.29) is 43.3 Å². The molecule has 3 N–H and O–H groups in total. The van der Waals surface area contributed by atoms with E-state index in [1.165, 1.54) is 0 Å². The summed E-state index contributed by atoms with van der Waals surface area (Å²) in [6.45, 7) is 0.245. The number of carbonyl (C=O) groups is 2. The third-order valence-corrected chi connectivity index (χ3v) is 4.34. The van der Waals surface area contributed by atoms with Crippen LogP contribution in [0.2, 0.25) is 0 Å². The van der Waals surface area contributed by atoms with Gasteiger partial charge in [-0.15, -0.1) is 6.42 Å². The van der Waals surface area contributed by atoms with Gasteiger partial charge in [-0.25, -0.2) is 0 Å². The summed E-state index contributed by atoms with van der Waals surface area (Å²) in [5.74, 6) is 2.77. The average molecular weight is 264 g/mol. The molecule has 0 aromatic rings. The van der Waals surface area contributed by atoms with Gasteiger partial charge >= 0.3 is 0 Å². The number of hydrogen-bond donors (Lipinski definition) is 3. The Morgan fingerprint density at radius 2 is 2.00 bits per heavy atom. The highest BCUT2D eigenvalue weighted by Gasteiger charge is 2.47. The van der Waals surface area contributed by atoms with E-state index in [9.17, 15) is 14.7 Å². The van der Waals surface area contributed by atoms with Crippen LogP contribution in [0.15, 0.2) is 0 Å². The van der Waals surface area contributed by atoms with Gasteiger partial charge in [-0.1, -0.05) is 5.92 Å². The number of fused-ring (bicyclic) bond motifs is 2. The fourth-order valence-corrected chi connectivity index (χ4v) is 3.49. The average Bonchev–Trinajstić information content (AvgIpc) is 2.96. The predicted molar refractivity (Wildman–Crippen MR) is 69.8 cm³/mol. The van der Waals surface area contributed by atoms with Crippen LogP contribution in [0.5, 0.6) is 0 Å². The summed E-state index contributed by atoms with van der Waals surface area (Å²) in [5, 5.41) is 14.8. The fourth-order valence-electron chi connectivity index (χ4n) is 3.49. The highest BCUT2D eigenvalue weighted by molar-refractivity contribution is 5.97. The van der Waals surface area contributed by atoms with E-state index in [4.69, 9.17) is 6.42 Å². The smallest absolute Gasteiger partial charge is 0.230 e. The Morgan fingerprint density at radius 3 is 2.68 bits per heavy atom. The Bertz CT molecular complexity index is 402. The highest BCUT2D eigenvalue weighted by Crippen LogP contribution is 2.48.